The molecule has 2 aliphatic heterocycles. The van der Waals surface area contributed by atoms with Crippen LogP contribution in [0.1, 0.15) is 24.3 Å². The largest absolute Gasteiger partial charge is 0.465 e. The van der Waals surface area contributed by atoms with Crippen molar-refractivity contribution in [2.45, 2.75) is 18.8 Å². The maximum Gasteiger partial charge on any atom is 0.407 e. The van der Waals surface area contributed by atoms with Crippen LogP contribution in [0.3, 0.4) is 0 Å². The fourth-order valence-electron chi connectivity index (χ4n) is 3.15. The topological polar surface area (TPSA) is 90.0 Å². The van der Waals surface area contributed by atoms with Gasteiger partial charge in [0.1, 0.15) is 5.82 Å². The molecule has 8 heteroatoms. The number of halogens is 1. The molecule has 2 aliphatic rings. The van der Waals surface area contributed by atoms with Crippen molar-refractivity contribution in [3.05, 3.63) is 29.6 Å². The van der Waals surface area contributed by atoms with E-state index in [4.69, 9.17) is 5.11 Å². The molecule has 1 aromatic carbocycles. The van der Waals surface area contributed by atoms with Crippen LogP contribution in [0.2, 0.25) is 0 Å². The molecule has 3 amide bonds. The fourth-order valence-corrected chi connectivity index (χ4v) is 3.15. The lowest BCUT2D eigenvalue weighted by molar-refractivity contribution is -0.134. The zero-order valence-electron chi connectivity index (χ0n) is 13.0. The van der Waals surface area contributed by atoms with Gasteiger partial charge in [0.25, 0.3) is 0 Å². The van der Waals surface area contributed by atoms with Crippen LogP contribution in [0.25, 0.3) is 0 Å². The molecule has 1 unspecified atom stereocenters. The molecular weight excluding hydrogens is 317 g/mol. The van der Waals surface area contributed by atoms with Gasteiger partial charge >= 0.3 is 6.09 Å². The van der Waals surface area contributed by atoms with Gasteiger partial charge in [0.15, 0.2) is 0 Å². The molecule has 3 rings (SSSR count). The third kappa shape index (κ3) is 3.17. The number of piperazine rings is 1. The van der Waals surface area contributed by atoms with Crippen molar-refractivity contribution in [3.63, 3.8) is 0 Å². The van der Waals surface area contributed by atoms with E-state index >= 15 is 0 Å². The summed E-state index contributed by atoms with van der Waals surface area (Å²) in [4.78, 5) is 37.1. The van der Waals surface area contributed by atoms with Gasteiger partial charge in [-0.25, -0.2) is 9.18 Å². The molecule has 0 spiro atoms. The second-order valence-corrected chi connectivity index (χ2v) is 5.97. The lowest BCUT2D eigenvalue weighted by Crippen LogP contribution is -2.48. The SMILES string of the molecule is O=C1CCC(c2ccc(N3CCN(C(=O)O)CC3)c(F)c2)C(=O)N1. The number of carbonyl (C=O) groups is 3. The molecule has 0 aromatic heterocycles. The number of carbonyl (C=O) groups excluding carboxylic acids is 2. The van der Waals surface area contributed by atoms with E-state index in [1.165, 1.54) is 11.0 Å². The molecule has 128 valence electrons. The third-order valence-electron chi connectivity index (χ3n) is 4.50. The van der Waals surface area contributed by atoms with Crippen LogP contribution in [0.4, 0.5) is 14.9 Å². The summed E-state index contributed by atoms with van der Waals surface area (Å²) in [5.41, 5.74) is 0.946. The summed E-state index contributed by atoms with van der Waals surface area (Å²) in [6.07, 6.45) is -0.346. The maximum absolute atomic E-state index is 14.5. The molecule has 1 atom stereocenters. The van der Waals surface area contributed by atoms with Gasteiger partial charge in [-0.3, -0.25) is 14.9 Å². The maximum atomic E-state index is 14.5. The molecule has 24 heavy (non-hydrogen) atoms. The molecule has 7 nitrogen and oxygen atoms in total. The number of nitrogens with one attached hydrogen (secondary N) is 1. The Balaban J connectivity index is 1.73. The quantitative estimate of drug-likeness (QED) is 0.791. The number of piperidine rings is 1. The number of nitrogens with zero attached hydrogens (tertiary/aromatic N) is 2. The number of benzene rings is 1. The van der Waals surface area contributed by atoms with Gasteiger partial charge in [0.2, 0.25) is 11.8 Å². The molecule has 2 heterocycles. The molecule has 2 saturated heterocycles. The Labute approximate surface area is 138 Å². The van der Waals surface area contributed by atoms with E-state index in [0.29, 0.717) is 43.9 Å². The van der Waals surface area contributed by atoms with Crippen molar-refractivity contribution in [3.8, 4) is 0 Å². The van der Waals surface area contributed by atoms with E-state index in [2.05, 4.69) is 5.32 Å². The lowest BCUT2D eigenvalue weighted by Gasteiger charge is -2.35. The molecule has 0 bridgehead atoms. The number of rotatable bonds is 2. The van der Waals surface area contributed by atoms with Crippen LogP contribution in [-0.4, -0.2) is 54.1 Å². The number of hydrogen-bond acceptors (Lipinski definition) is 4. The van der Waals surface area contributed by atoms with Gasteiger partial charge < -0.3 is 14.9 Å². The minimum Gasteiger partial charge on any atom is -0.465 e. The first-order valence-corrected chi connectivity index (χ1v) is 7.81. The highest BCUT2D eigenvalue weighted by Crippen LogP contribution is 2.29. The molecular formula is C16H18FN3O4. The number of amides is 3. The first kappa shape index (κ1) is 16.2. The predicted molar refractivity (Wildman–Crippen MR) is 83.3 cm³/mol. The van der Waals surface area contributed by atoms with Crippen molar-refractivity contribution in [2.75, 3.05) is 31.1 Å². The summed E-state index contributed by atoms with van der Waals surface area (Å²) in [7, 11) is 0. The van der Waals surface area contributed by atoms with Crippen LogP contribution in [0, 0.1) is 5.82 Å². The number of hydrogen-bond donors (Lipinski definition) is 2. The van der Waals surface area contributed by atoms with E-state index in [1.807, 2.05) is 0 Å². The number of imide groups is 1. The van der Waals surface area contributed by atoms with Crippen LogP contribution >= 0.6 is 0 Å². The Morgan fingerprint density at radius 3 is 2.50 bits per heavy atom. The average Bonchev–Trinajstić information content (AvgIpc) is 2.55. The molecule has 0 saturated carbocycles. The molecule has 0 aliphatic carbocycles. The second-order valence-electron chi connectivity index (χ2n) is 5.97. The van der Waals surface area contributed by atoms with E-state index in [0.717, 1.165) is 0 Å². The normalized spacial score (nSPS) is 21.6. The van der Waals surface area contributed by atoms with Gasteiger partial charge in [0, 0.05) is 32.6 Å². The van der Waals surface area contributed by atoms with Gasteiger partial charge in [-0.15, -0.1) is 0 Å². The highest BCUT2D eigenvalue weighted by atomic mass is 19.1. The Morgan fingerprint density at radius 2 is 1.92 bits per heavy atom. The molecule has 2 fully saturated rings. The van der Waals surface area contributed by atoms with E-state index in [9.17, 15) is 18.8 Å². The van der Waals surface area contributed by atoms with Crippen molar-refractivity contribution in [2.24, 2.45) is 0 Å². The van der Waals surface area contributed by atoms with Gasteiger partial charge in [-0.05, 0) is 24.1 Å². The first-order chi connectivity index (χ1) is 11.5. The Kier molecular flexibility index (Phi) is 4.37. The smallest absolute Gasteiger partial charge is 0.407 e. The summed E-state index contributed by atoms with van der Waals surface area (Å²) < 4.78 is 14.5. The Bertz CT molecular complexity index is 686. The van der Waals surface area contributed by atoms with Crippen LogP contribution in [0.5, 0.6) is 0 Å². The highest BCUT2D eigenvalue weighted by molar-refractivity contribution is 6.00. The zero-order chi connectivity index (χ0) is 17.3. The summed E-state index contributed by atoms with van der Waals surface area (Å²) in [5, 5.41) is 11.2. The molecule has 2 N–H and O–H groups in total. The minimum absolute atomic E-state index is 0.247. The lowest BCUT2D eigenvalue weighted by atomic mass is 9.90. The molecule has 0 radical (unpaired) electrons. The Morgan fingerprint density at radius 1 is 1.21 bits per heavy atom. The van der Waals surface area contributed by atoms with Crippen LogP contribution in [0.15, 0.2) is 18.2 Å². The van der Waals surface area contributed by atoms with E-state index in [1.54, 1.807) is 17.0 Å². The average molecular weight is 335 g/mol. The van der Waals surface area contributed by atoms with Gasteiger partial charge in [-0.1, -0.05) is 6.07 Å². The van der Waals surface area contributed by atoms with E-state index < -0.39 is 23.7 Å². The van der Waals surface area contributed by atoms with Gasteiger partial charge in [-0.2, -0.15) is 0 Å². The van der Waals surface area contributed by atoms with Crippen LogP contribution in [-0.2, 0) is 9.59 Å². The Hall–Kier alpha value is -2.64. The van der Waals surface area contributed by atoms with Crippen molar-refractivity contribution >= 4 is 23.6 Å². The van der Waals surface area contributed by atoms with E-state index in [-0.39, 0.29) is 12.3 Å². The van der Waals surface area contributed by atoms with Crippen molar-refractivity contribution in [1.29, 1.82) is 0 Å². The summed E-state index contributed by atoms with van der Waals surface area (Å²) in [6, 6.07) is 4.64. The monoisotopic (exact) mass is 335 g/mol. The van der Waals surface area contributed by atoms with Gasteiger partial charge in [0.05, 0.1) is 11.6 Å². The predicted octanol–water partition coefficient (Wildman–Crippen LogP) is 1.15. The highest BCUT2D eigenvalue weighted by Gasteiger charge is 2.29. The van der Waals surface area contributed by atoms with Crippen LogP contribution < -0.4 is 10.2 Å². The summed E-state index contributed by atoms with van der Waals surface area (Å²) >= 11 is 0. The standard InChI is InChI=1S/C16H18FN3O4/c17-12-9-10(11-2-4-14(21)18-15(11)22)1-3-13(12)19-5-7-20(8-6-19)16(23)24/h1,3,9,11H,2,4-8H2,(H,23,24)(H,18,21,22). The minimum atomic E-state index is -0.969. The third-order valence-corrected chi connectivity index (χ3v) is 4.50. The second kappa shape index (κ2) is 6.46. The zero-order valence-corrected chi connectivity index (χ0v) is 13.0. The molecule has 1 aromatic rings. The first-order valence-electron chi connectivity index (χ1n) is 7.81. The van der Waals surface area contributed by atoms with Crippen molar-refractivity contribution in [1.82, 2.24) is 10.2 Å². The number of carboxylic acid groups (broad SMARTS) is 1. The summed E-state index contributed by atoms with van der Waals surface area (Å²) in [6.45, 7) is 1.48. The van der Waals surface area contributed by atoms with Crippen molar-refractivity contribution < 1.29 is 23.9 Å². The number of anilines is 1. The fraction of sp³-hybridized carbons (Fsp3) is 0.438. The summed E-state index contributed by atoms with van der Waals surface area (Å²) in [5.74, 6) is -1.66.